The van der Waals surface area contributed by atoms with Gasteiger partial charge in [0.25, 0.3) is 5.56 Å². The zero-order valence-electron chi connectivity index (χ0n) is 17.0. The van der Waals surface area contributed by atoms with Crippen molar-refractivity contribution < 1.29 is 4.39 Å². The summed E-state index contributed by atoms with van der Waals surface area (Å²) in [4.78, 5) is 21.0. The largest absolute Gasteiger partial charge is 0.382 e. The molecular weight excluding hydrogens is 409 g/mol. The van der Waals surface area contributed by atoms with Crippen LogP contribution in [0.4, 0.5) is 22.0 Å². The minimum atomic E-state index is -0.479. The van der Waals surface area contributed by atoms with Crippen LogP contribution < -0.4 is 22.3 Å². The van der Waals surface area contributed by atoms with Gasteiger partial charge < -0.3 is 16.8 Å². The Morgan fingerprint density at radius 3 is 2.66 bits per heavy atom. The number of benzene rings is 1. The summed E-state index contributed by atoms with van der Waals surface area (Å²) in [6.07, 6.45) is 2.40. The summed E-state index contributed by atoms with van der Waals surface area (Å²) < 4.78 is 15.1. The first-order valence-electron chi connectivity index (χ1n) is 9.94. The predicted octanol–water partition coefficient (Wildman–Crippen LogP) is 2.98. The molecule has 0 atom stereocenters. The standard InChI is InChI=1S/C23H20FN7O/c24-16-8-9-17-11-15(19(22(32)31(17)13-16)14-5-2-1-3-6-14)7-4-10-28-21-18(12-25)20(26)29-23(27)30-21/h1-3,5-6,8-9,11,13H,4,7,10H2,(H5,26,27,28,29,30). The number of halogens is 1. The second-order valence-corrected chi connectivity index (χ2v) is 7.19. The maximum Gasteiger partial charge on any atom is 0.263 e. The molecule has 0 saturated heterocycles. The van der Waals surface area contributed by atoms with Crippen molar-refractivity contribution in [3.63, 3.8) is 0 Å². The lowest BCUT2D eigenvalue weighted by Crippen LogP contribution is -2.19. The summed E-state index contributed by atoms with van der Waals surface area (Å²) in [6, 6.07) is 16.1. The van der Waals surface area contributed by atoms with Gasteiger partial charge in [-0.15, -0.1) is 0 Å². The highest BCUT2D eigenvalue weighted by Gasteiger charge is 2.14. The van der Waals surface area contributed by atoms with E-state index in [1.807, 2.05) is 42.5 Å². The van der Waals surface area contributed by atoms with E-state index in [4.69, 9.17) is 11.5 Å². The van der Waals surface area contributed by atoms with Crippen LogP contribution in [0, 0.1) is 17.1 Å². The van der Waals surface area contributed by atoms with Gasteiger partial charge in [0.05, 0.1) is 5.56 Å². The van der Waals surface area contributed by atoms with Crippen molar-refractivity contribution in [1.82, 2.24) is 14.4 Å². The zero-order chi connectivity index (χ0) is 22.7. The van der Waals surface area contributed by atoms with Crippen LogP contribution in [0.25, 0.3) is 16.6 Å². The Morgan fingerprint density at radius 1 is 1.12 bits per heavy atom. The zero-order valence-corrected chi connectivity index (χ0v) is 17.0. The number of anilines is 3. The average Bonchev–Trinajstić information content (AvgIpc) is 2.77. The lowest BCUT2D eigenvalue weighted by molar-refractivity contribution is 0.618. The third kappa shape index (κ3) is 4.06. The third-order valence-corrected chi connectivity index (χ3v) is 5.06. The molecule has 4 rings (SSSR count). The van der Waals surface area contributed by atoms with Gasteiger partial charge in [0.2, 0.25) is 5.95 Å². The number of nitrogens with one attached hydrogen (secondary N) is 1. The summed E-state index contributed by atoms with van der Waals surface area (Å²) in [6.45, 7) is 0.460. The van der Waals surface area contributed by atoms with Crippen LogP contribution in [0.15, 0.2) is 59.5 Å². The molecule has 0 aliphatic rings. The van der Waals surface area contributed by atoms with E-state index in [0.29, 0.717) is 30.5 Å². The lowest BCUT2D eigenvalue weighted by atomic mass is 9.97. The van der Waals surface area contributed by atoms with Gasteiger partial charge in [-0.1, -0.05) is 30.3 Å². The van der Waals surface area contributed by atoms with E-state index in [1.54, 1.807) is 6.07 Å². The van der Waals surface area contributed by atoms with Gasteiger partial charge in [0.1, 0.15) is 23.3 Å². The topological polar surface area (TPSA) is 135 Å². The van der Waals surface area contributed by atoms with Crippen LogP contribution in [0.3, 0.4) is 0 Å². The number of fused-ring (bicyclic) bond motifs is 1. The molecule has 1 aromatic carbocycles. The average molecular weight is 429 g/mol. The van der Waals surface area contributed by atoms with Gasteiger partial charge in [-0.05, 0) is 42.2 Å². The number of nitriles is 1. The van der Waals surface area contributed by atoms with Crippen molar-refractivity contribution >= 4 is 23.1 Å². The fourth-order valence-electron chi connectivity index (χ4n) is 3.62. The van der Waals surface area contributed by atoms with Crippen molar-refractivity contribution in [2.24, 2.45) is 0 Å². The van der Waals surface area contributed by atoms with Crippen LogP contribution in [-0.2, 0) is 6.42 Å². The Hall–Kier alpha value is -4.45. The maximum absolute atomic E-state index is 13.8. The highest BCUT2D eigenvalue weighted by atomic mass is 19.1. The summed E-state index contributed by atoms with van der Waals surface area (Å²) in [5.41, 5.74) is 14.0. The first-order valence-corrected chi connectivity index (χ1v) is 9.94. The molecule has 0 spiro atoms. The highest BCUT2D eigenvalue weighted by Crippen LogP contribution is 2.23. The van der Waals surface area contributed by atoms with Gasteiger partial charge in [-0.2, -0.15) is 15.2 Å². The van der Waals surface area contributed by atoms with E-state index >= 15 is 0 Å². The first kappa shape index (κ1) is 20.8. The molecule has 32 heavy (non-hydrogen) atoms. The minimum Gasteiger partial charge on any atom is -0.382 e. The first-order chi connectivity index (χ1) is 15.5. The van der Waals surface area contributed by atoms with Gasteiger partial charge in [-0.3, -0.25) is 9.20 Å². The van der Waals surface area contributed by atoms with Gasteiger partial charge in [0.15, 0.2) is 5.82 Å². The lowest BCUT2D eigenvalue weighted by Gasteiger charge is -2.13. The van der Waals surface area contributed by atoms with E-state index in [-0.39, 0.29) is 28.7 Å². The minimum absolute atomic E-state index is 0.0173. The number of rotatable bonds is 6. The number of hydrogen-bond acceptors (Lipinski definition) is 7. The number of pyridine rings is 2. The molecule has 8 nitrogen and oxygen atoms in total. The molecule has 0 aliphatic carbocycles. The SMILES string of the molecule is N#Cc1c(N)nc(N)nc1NCCCc1cc2ccc(F)cn2c(=O)c1-c1ccccc1. The van der Waals surface area contributed by atoms with Gasteiger partial charge in [0, 0.05) is 18.3 Å². The van der Waals surface area contributed by atoms with E-state index in [0.717, 1.165) is 11.1 Å². The monoisotopic (exact) mass is 429 g/mol. The normalized spacial score (nSPS) is 10.8. The van der Waals surface area contributed by atoms with Crippen LogP contribution >= 0.6 is 0 Å². The van der Waals surface area contributed by atoms with Crippen molar-refractivity contribution in [1.29, 1.82) is 5.26 Å². The second-order valence-electron chi connectivity index (χ2n) is 7.19. The van der Waals surface area contributed by atoms with E-state index in [2.05, 4.69) is 15.3 Å². The molecule has 3 heterocycles. The number of aromatic nitrogens is 3. The van der Waals surface area contributed by atoms with Crippen molar-refractivity contribution in [3.05, 3.63) is 82.0 Å². The van der Waals surface area contributed by atoms with Crippen LogP contribution in [0.5, 0.6) is 0 Å². The number of nitrogen functional groups attached to an aromatic ring is 2. The Kier molecular flexibility index (Phi) is 5.68. The van der Waals surface area contributed by atoms with E-state index < -0.39 is 5.82 Å². The Labute approximate surface area is 183 Å². The molecule has 0 aliphatic heterocycles. The molecular formula is C23H20FN7O. The summed E-state index contributed by atoms with van der Waals surface area (Å²) in [5.74, 6) is -0.212. The quantitative estimate of drug-likeness (QED) is 0.401. The molecule has 0 fully saturated rings. The third-order valence-electron chi connectivity index (χ3n) is 5.06. The fourth-order valence-corrected chi connectivity index (χ4v) is 3.62. The van der Waals surface area contributed by atoms with Crippen LogP contribution in [0.1, 0.15) is 17.5 Å². The van der Waals surface area contributed by atoms with Crippen molar-refractivity contribution in [2.75, 3.05) is 23.3 Å². The molecule has 0 unspecified atom stereocenters. The molecule has 0 bridgehead atoms. The predicted molar refractivity (Wildman–Crippen MR) is 121 cm³/mol. The second kappa shape index (κ2) is 8.73. The number of hydrogen-bond donors (Lipinski definition) is 3. The fraction of sp³-hybridized carbons (Fsp3) is 0.130. The molecule has 4 aromatic rings. The smallest absolute Gasteiger partial charge is 0.263 e. The Balaban J connectivity index is 1.63. The molecule has 0 radical (unpaired) electrons. The Morgan fingerprint density at radius 2 is 1.91 bits per heavy atom. The molecule has 5 N–H and O–H groups in total. The summed E-state index contributed by atoms with van der Waals surface area (Å²) >= 11 is 0. The van der Waals surface area contributed by atoms with Crippen molar-refractivity contribution in [2.45, 2.75) is 12.8 Å². The summed E-state index contributed by atoms with van der Waals surface area (Å²) in [5, 5.41) is 12.4. The number of aryl methyl sites for hydroxylation is 1. The molecule has 3 aromatic heterocycles. The van der Waals surface area contributed by atoms with E-state index in [9.17, 15) is 14.4 Å². The molecule has 160 valence electrons. The molecule has 9 heteroatoms. The van der Waals surface area contributed by atoms with Gasteiger partial charge >= 0.3 is 0 Å². The highest BCUT2D eigenvalue weighted by molar-refractivity contribution is 5.70. The van der Waals surface area contributed by atoms with Crippen LogP contribution in [0.2, 0.25) is 0 Å². The van der Waals surface area contributed by atoms with Gasteiger partial charge in [-0.25, -0.2) is 4.39 Å². The molecule has 0 amide bonds. The number of nitrogens with zero attached hydrogens (tertiary/aromatic N) is 4. The molecule has 0 saturated carbocycles. The summed E-state index contributed by atoms with van der Waals surface area (Å²) in [7, 11) is 0. The maximum atomic E-state index is 13.8. The van der Waals surface area contributed by atoms with Crippen LogP contribution in [-0.4, -0.2) is 20.9 Å². The van der Waals surface area contributed by atoms with E-state index in [1.165, 1.54) is 16.7 Å². The Bertz CT molecular complexity index is 1390. The van der Waals surface area contributed by atoms with Crippen molar-refractivity contribution in [3.8, 4) is 17.2 Å². The number of nitrogens with two attached hydrogens (primary N) is 2.